The number of methoxy groups -OCH3 is 1. The van der Waals surface area contributed by atoms with Gasteiger partial charge in [-0.2, -0.15) is 0 Å². The Bertz CT molecular complexity index is 553. The van der Waals surface area contributed by atoms with E-state index in [-0.39, 0.29) is 6.09 Å². The number of piperidine rings is 1. The van der Waals surface area contributed by atoms with Gasteiger partial charge >= 0.3 is 6.09 Å². The molecule has 0 aromatic carbocycles. The molecule has 1 aromatic heterocycles. The molecule has 1 fully saturated rings. The topological polar surface area (TPSA) is 78.9 Å². The fourth-order valence-electron chi connectivity index (χ4n) is 2.59. The first-order valence-corrected chi connectivity index (χ1v) is 7.84. The van der Waals surface area contributed by atoms with Gasteiger partial charge in [0.25, 0.3) is 0 Å². The van der Waals surface area contributed by atoms with Crippen molar-refractivity contribution in [2.75, 3.05) is 27.2 Å². The fourth-order valence-corrected chi connectivity index (χ4v) is 2.59. The second-order valence-corrected chi connectivity index (χ2v) is 5.57. The molecular weight excluding hydrogens is 294 g/mol. The van der Waals surface area contributed by atoms with E-state index in [1.807, 2.05) is 19.1 Å². The standard InChI is InChI=1S/C16H25N5O2/c1-12-5-4-8-18-14(12)11-19-15(17-2)20-13-6-9-21(10-7-13)16(22)23-3/h4-5,8,13H,6-7,9-11H2,1-3H3,(H2,17,19,20). The van der Waals surface area contributed by atoms with Gasteiger partial charge in [0.05, 0.1) is 19.3 Å². The molecule has 1 amide bonds. The van der Waals surface area contributed by atoms with Gasteiger partial charge in [-0.05, 0) is 31.4 Å². The molecule has 1 saturated heterocycles. The fraction of sp³-hybridized carbons (Fsp3) is 0.562. The second-order valence-electron chi connectivity index (χ2n) is 5.57. The molecule has 1 aliphatic rings. The van der Waals surface area contributed by atoms with Crippen LogP contribution in [0.3, 0.4) is 0 Å². The Morgan fingerprint density at radius 3 is 2.83 bits per heavy atom. The first kappa shape index (κ1) is 17.1. The van der Waals surface area contributed by atoms with Crippen molar-refractivity contribution in [3.8, 4) is 0 Å². The van der Waals surface area contributed by atoms with Crippen LogP contribution in [0.4, 0.5) is 4.79 Å². The lowest BCUT2D eigenvalue weighted by atomic mass is 10.1. The van der Waals surface area contributed by atoms with E-state index in [9.17, 15) is 4.79 Å². The van der Waals surface area contributed by atoms with Crippen molar-refractivity contribution in [3.63, 3.8) is 0 Å². The number of rotatable bonds is 3. The maximum atomic E-state index is 11.5. The molecule has 0 spiro atoms. The highest BCUT2D eigenvalue weighted by atomic mass is 16.5. The lowest BCUT2D eigenvalue weighted by Gasteiger charge is -2.32. The first-order chi connectivity index (χ1) is 11.1. The van der Waals surface area contributed by atoms with Crippen molar-refractivity contribution in [2.45, 2.75) is 32.4 Å². The first-order valence-electron chi connectivity index (χ1n) is 7.84. The highest BCUT2D eigenvalue weighted by Gasteiger charge is 2.23. The molecule has 126 valence electrons. The summed E-state index contributed by atoms with van der Waals surface area (Å²) in [4.78, 5) is 21.8. The summed E-state index contributed by atoms with van der Waals surface area (Å²) in [5, 5.41) is 6.70. The van der Waals surface area contributed by atoms with Crippen LogP contribution in [0.15, 0.2) is 23.3 Å². The SMILES string of the molecule is CN=C(NCc1ncccc1C)NC1CCN(C(=O)OC)CC1. The normalized spacial score (nSPS) is 16.1. The van der Waals surface area contributed by atoms with E-state index in [2.05, 4.69) is 20.6 Å². The predicted octanol–water partition coefficient (Wildman–Crippen LogP) is 1.29. The Morgan fingerprint density at radius 2 is 2.22 bits per heavy atom. The maximum Gasteiger partial charge on any atom is 0.409 e. The van der Waals surface area contributed by atoms with Gasteiger partial charge in [-0.1, -0.05) is 6.07 Å². The van der Waals surface area contributed by atoms with Gasteiger partial charge in [0.1, 0.15) is 0 Å². The number of aromatic nitrogens is 1. The summed E-state index contributed by atoms with van der Waals surface area (Å²) in [6.07, 6.45) is 3.29. The minimum Gasteiger partial charge on any atom is -0.453 e. The molecule has 1 aromatic rings. The Labute approximate surface area is 137 Å². The number of hydrogen-bond donors (Lipinski definition) is 2. The third kappa shape index (κ3) is 4.84. The molecule has 7 heteroatoms. The molecule has 23 heavy (non-hydrogen) atoms. The van der Waals surface area contributed by atoms with Crippen molar-refractivity contribution in [3.05, 3.63) is 29.6 Å². The summed E-state index contributed by atoms with van der Waals surface area (Å²) in [5.74, 6) is 0.756. The molecule has 0 saturated carbocycles. The largest absolute Gasteiger partial charge is 0.453 e. The van der Waals surface area contributed by atoms with Crippen LogP contribution in [-0.4, -0.2) is 55.2 Å². The number of aryl methyl sites for hydroxylation is 1. The third-order valence-electron chi connectivity index (χ3n) is 4.03. The number of likely N-dealkylation sites (tertiary alicyclic amines) is 1. The van der Waals surface area contributed by atoms with Crippen molar-refractivity contribution in [1.29, 1.82) is 0 Å². The van der Waals surface area contributed by atoms with Crippen LogP contribution in [0.1, 0.15) is 24.1 Å². The maximum absolute atomic E-state index is 11.5. The number of nitrogens with zero attached hydrogens (tertiary/aromatic N) is 3. The molecule has 2 heterocycles. The van der Waals surface area contributed by atoms with Crippen LogP contribution < -0.4 is 10.6 Å². The van der Waals surface area contributed by atoms with Gasteiger partial charge in [0.2, 0.25) is 0 Å². The highest BCUT2D eigenvalue weighted by molar-refractivity contribution is 5.80. The number of carbonyl (C=O) groups is 1. The summed E-state index contributed by atoms with van der Waals surface area (Å²) in [5.41, 5.74) is 2.16. The lowest BCUT2D eigenvalue weighted by Crippen LogP contribution is -2.49. The Kier molecular flexibility index (Phi) is 6.19. The Balaban J connectivity index is 1.80. The lowest BCUT2D eigenvalue weighted by molar-refractivity contribution is 0.111. The number of amides is 1. The van der Waals surface area contributed by atoms with E-state index < -0.39 is 0 Å². The monoisotopic (exact) mass is 319 g/mol. The van der Waals surface area contributed by atoms with E-state index in [1.54, 1.807) is 18.1 Å². The predicted molar refractivity (Wildman–Crippen MR) is 89.3 cm³/mol. The number of hydrogen-bond acceptors (Lipinski definition) is 4. The Hall–Kier alpha value is -2.31. The van der Waals surface area contributed by atoms with Crippen LogP contribution in [-0.2, 0) is 11.3 Å². The van der Waals surface area contributed by atoms with Gasteiger partial charge in [-0.3, -0.25) is 9.98 Å². The number of nitrogens with one attached hydrogen (secondary N) is 2. The minimum absolute atomic E-state index is 0.253. The Morgan fingerprint density at radius 1 is 1.48 bits per heavy atom. The van der Waals surface area contributed by atoms with Crippen molar-refractivity contribution in [1.82, 2.24) is 20.5 Å². The van der Waals surface area contributed by atoms with Crippen molar-refractivity contribution in [2.24, 2.45) is 4.99 Å². The number of carbonyl (C=O) groups excluding carboxylic acids is 1. The smallest absolute Gasteiger partial charge is 0.409 e. The average molecular weight is 319 g/mol. The van der Waals surface area contributed by atoms with E-state index in [0.29, 0.717) is 25.7 Å². The zero-order valence-electron chi connectivity index (χ0n) is 14.0. The third-order valence-corrected chi connectivity index (χ3v) is 4.03. The molecule has 0 radical (unpaired) electrons. The van der Waals surface area contributed by atoms with Crippen molar-refractivity contribution < 1.29 is 9.53 Å². The molecule has 7 nitrogen and oxygen atoms in total. The molecule has 0 aliphatic carbocycles. The summed E-state index contributed by atoms with van der Waals surface area (Å²) in [6.45, 7) is 4.07. The molecule has 0 bridgehead atoms. The van der Waals surface area contributed by atoms with Gasteiger partial charge in [0, 0.05) is 32.4 Å². The zero-order chi connectivity index (χ0) is 16.7. The molecule has 0 atom stereocenters. The quantitative estimate of drug-likeness (QED) is 0.648. The van der Waals surface area contributed by atoms with E-state index in [1.165, 1.54) is 7.11 Å². The van der Waals surface area contributed by atoms with Gasteiger partial charge in [0.15, 0.2) is 5.96 Å². The second kappa shape index (κ2) is 8.36. The summed E-state index contributed by atoms with van der Waals surface area (Å²) >= 11 is 0. The average Bonchev–Trinajstić information content (AvgIpc) is 2.59. The van der Waals surface area contributed by atoms with Gasteiger partial charge in [-0.15, -0.1) is 0 Å². The van der Waals surface area contributed by atoms with Gasteiger partial charge in [-0.25, -0.2) is 4.79 Å². The number of pyridine rings is 1. The number of ether oxygens (including phenoxy) is 1. The minimum atomic E-state index is -0.253. The van der Waals surface area contributed by atoms with Gasteiger partial charge < -0.3 is 20.3 Å². The van der Waals surface area contributed by atoms with Crippen LogP contribution >= 0.6 is 0 Å². The van der Waals surface area contributed by atoms with Crippen molar-refractivity contribution >= 4 is 12.1 Å². The molecule has 1 aliphatic heterocycles. The van der Waals surface area contributed by atoms with Crippen LogP contribution in [0.25, 0.3) is 0 Å². The number of guanidine groups is 1. The van der Waals surface area contributed by atoms with E-state index >= 15 is 0 Å². The van der Waals surface area contributed by atoms with E-state index in [0.717, 1.165) is 30.1 Å². The molecule has 0 unspecified atom stereocenters. The van der Waals surface area contributed by atoms with Crippen LogP contribution in [0, 0.1) is 6.92 Å². The summed E-state index contributed by atoms with van der Waals surface area (Å²) in [7, 11) is 3.17. The van der Waals surface area contributed by atoms with E-state index in [4.69, 9.17) is 4.74 Å². The van der Waals surface area contributed by atoms with Crippen LogP contribution in [0.2, 0.25) is 0 Å². The summed E-state index contributed by atoms with van der Waals surface area (Å²) < 4.78 is 4.75. The number of aliphatic imine (C=N–C) groups is 1. The van der Waals surface area contributed by atoms with Crippen LogP contribution in [0.5, 0.6) is 0 Å². The zero-order valence-corrected chi connectivity index (χ0v) is 14.0. The molecular formula is C16H25N5O2. The molecule has 2 N–H and O–H groups in total. The molecule has 2 rings (SSSR count). The summed E-state index contributed by atoms with van der Waals surface area (Å²) in [6, 6.07) is 4.27. The highest BCUT2D eigenvalue weighted by Crippen LogP contribution is 2.11.